The highest BCUT2D eigenvalue weighted by atomic mass is 32.2. The molecule has 2 aromatic rings. The van der Waals surface area contributed by atoms with Gasteiger partial charge in [0.25, 0.3) is 0 Å². The van der Waals surface area contributed by atoms with Crippen LogP contribution in [0.15, 0.2) is 35.5 Å². The quantitative estimate of drug-likeness (QED) is 0.796. The highest BCUT2D eigenvalue weighted by Gasteiger charge is 1.98. The van der Waals surface area contributed by atoms with Gasteiger partial charge in [0.05, 0.1) is 17.8 Å². The molecule has 4 nitrogen and oxygen atoms in total. The number of nitrogens with zero attached hydrogens (tertiary/aromatic N) is 3. The molecule has 1 N–H and O–H groups in total. The van der Waals surface area contributed by atoms with Crippen molar-refractivity contribution >= 4 is 11.8 Å². The Bertz CT molecular complexity index is 455. The average Bonchev–Trinajstić information content (AvgIpc) is 2.80. The molecule has 0 amide bonds. The number of aromatic amines is 1. The van der Waals surface area contributed by atoms with E-state index in [0.29, 0.717) is 5.56 Å². The molecule has 0 aliphatic carbocycles. The molecular formula is C10H8N4S. The van der Waals surface area contributed by atoms with Crippen molar-refractivity contribution in [3.8, 4) is 6.07 Å². The van der Waals surface area contributed by atoms with Crippen molar-refractivity contribution in [1.82, 2.24) is 15.4 Å². The van der Waals surface area contributed by atoms with Crippen LogP contribution in [0, 0.1) is 11.3 Å². The first kappa shape index (κ1) is 9.74. The number of H-pyrrole nitrogens is 1. The first-order chi connectivity index (χ1) is 7.38. The van der Waals surface area contributed by atoms with E-state index in [-0.39, 0.29) is 0 Å². The fourth-order valence-corrected chi connectivity index (χ4v) is 1.83. The second-order valence-electron chi connectivity index (χ2n) is 2.91. The van der Waals surface area contributed by atoms with Crippen LogP contribution >= 0.6 is 11.8 Å². The molecule has 15 heavy (non-hydrogen) atoms. The lowest BCUT2D eigenvalue weighted by molar-refractivity contribution is 0.911. The monoisotopic (exact) mass is 216 g/mol. The largest absolute Gasteiger partial charge is 0.197 e. The minimum atomic E-state index is 0.685. The van der Waals surface area contributed by atoms with Crippen molar-refractivity contribution in [3.63, 3.8) is 0 Å². The van der Waals surface area contributed by atoms with Crippen molar-refractivity contribution in [2.24, 2.45) is 0 Å². The summed E-state index contributed by atoms with van der Waals surface area (Å²) < 4.78 is 0. The maximum absolute atomic E-state index is 8.63. The molecule has 0 bridgehead atoms. The summed E-state index contributed by atoms with van der Waals surface area (Å²) in [5.74, 6) is 0.832. The summed E-state index contributed by atoms with van der Waals surface area (Å²) in [6.07, 6.45) is 1.69. The van der Waals surface area contributed by atoms with Crippen LogP contribution < -0.4 is 0 Å². The van der Waals surface area contributed by atoms with Crippen LogP contribution in [0.4, 0.5) is 0 Å². The first-order valence-electron chi connectivity index (χ1n) is 4.36. The fourth-order valence-electron chi connectivity index (χ4n) is 1.09. The molecule has 1 aromatic heterocycles. The Kier molecular flexibility index (Phi) is 3.00. The molecule has 0 aliphatic rings. The topological polar surface area (TPSA) is 65.4 Å². The van der Waals surface area contributed by atoms with Crippen molar-refractivity contribution in [2.45, 2.75) is 10.8 Å². The maximum atomic E-state index is 8.63. The number of hydrogen-bond donors (Lipinski definition) is 1. The molecule has 0 saturated carbocycles. The standard InChI is InChI=1S/C10H8N4S/c11-5-8-1-3-9(4-2-8)7-15-10-6-12-14-13-10/h1-4,6H,7H2,(H,12,13,14). The van der Waals surface area contributed by atoms with Crippen LogP contribution in [0.25, 0.3) is 0 Å². The lowest BCUT2D eigenvalue weighted by Crippen LogP contribution is -1.81. The van der Waals surface area contributed by atoms with Gasteiger partial charge < -0.3 is 0 Å². The van der Waals surface area contributed by atoms with Gasteiger partial charge in [-0.25, -0.2) is 0 Å². The molecule has 5 heteroatoms. The Morgan fingerprint density at radius 2 is 2.13 bits per heavy atom. The highest BCUT2D eigenvalue weighted by Crippen LogP contribution is 2.19. The molecule has 0 aliphatic heterocycles. The van der Waals surface area contributed by atoms with Crippen LogP contribution in [0.5, 0.6) is 0 Å². The van der Waals surface area contributed by atoms with Gasteiger partial charge in [-0.3, -0.25) is 0 Å². The van der Waals surface area contributed by atoms with Crippen molar-refractivity contribution < 1.29 is 0 Å². The lowest BCUT2D eigenvalue weighted by atomic mass is 10.2. The van der Waals surface area contributed by atoms with Gasteiger partial charge in [0.15, 0.2) is 0 Å². The van der Waals surface area contributed by atoms with E-state index in [4.69, 9.17) is 5.26 Å². The SMILES string of the molecule is N#Cc1ccc(CSc2cn[nH]n2)cc1. The van der Waals surface area contributed by atoms with Gasteiger partial charge in [-0.2, -0.15) is 15.6 Å². The van der Waals surface area contributed by atoms with Gasteiger partial charge in [0.2, 0.25) is 0 Å². The number of benzene rings is 1. The first-order valence-corrected chi connectivity index (χ1v) is 5.34. The zero-order valence-corrected chi connectivity index (χ0v) is 8.66. The molecule has 1 aromatic carbocycles. The van der Waals surface area contributed by atoms with Gasteiger partial charge in [-0.15, -0.1) is 5.10 Å². The predicted molar refractivity (Wildman–Crippen MR) is 57.1 cm³/mol. The Hall–Kier alpha value is -1.80. The van der Waals surface area contributed by atoms with E-state index in [2.05, 4.69) is 21.5 Å². The van der Waals surface area contributed by atoms with Gasteiger partial charge in [-0.1, -0.05) is 23.9 Å². The molecule has 0 fully saturated rings. The zero-order chi connectivity index (χ0) is 10.5. The van der Waals surface area contributed by atoms with E-state index in [1.807, 2.05) is 24.3 Å². The Labute approximate surface area is 91.3 Å². The Morgan fingerprint density at radius 1 is 1.33 bits per heavy atom. The second-order valence-corrected chi connectivity index (χ2v) is 3.90. The van der Waals surface area contributed by atoms with E-state index in [1.54, 1.807) is 18.0 Å². The minimum absolute atomic E-state index is 0.685. The number of thioether (sulfide) groups is 1. The maximum Gasteiger partial charge on any atom is 0.139 e. The molecule has 0 unspecified atom stereocenters. The summed E-state index contributed by atoms with van der Waals surface area (Å²) in [6, 6.07) is 9.63. The molecular weight excluding hydrogens is 208 g/mol. The van der Waals surface area contributed by atoms with E-state index in [1.165, 1.54) is 5.56 Å². The smallest absolute Gasteiger partial charge is 0.139 e. The predicted octanol–water partition coefficient (Wildman–Crippen LogP) is 1.97. The number of hydrogen-bond acceptors (Lipinski definition) is 4. The number of rotatable bonds is 3. The van der Waals surface area contributed by atoms with Crippen molar-refractivity contribution in [3.05, 3.63) is 41.6 Å². The number of nitrogens with one attached hydrogen (secondary N) is 1. The number of aromatic nitrogens is 3. The Balaban J connectivity index is 1.97. The summed E-state index contributed by atoms with van der Waals surface area (Å²) in [6.45, 7) is 0. The molecule has 0 saturated heterocycles. The summed E-state index contributed by atoms with van der Waals surface area (Å²) >= 11 is 1.61. The summed E-state index contributed by atoms with van der Waals surface area (Å²) in [5, 5.41) is 19.7. The van der Waals surface area contributed by atoms with Crippen molar-refractivity contribution in [1.29, 1.82) is 5.26 Å². The zero-order valence-electron chi connectivity index (χ0n) is 7.84. The van der Waals surface area contributed by atoms with E-state index in [9.17, 15) is 0 Å². The van der Waals surface area contributed by atoms with Gasteiger partial charge >= 0.3 is 0 Å². The average molecular weight is 216 g/mol. The normalized spacial score (nSPS) is 9.80. The van der Waals surface area contributed by atoms with Gasteiger partial charge in [0, 0.05) is 5.75 Å². The highest BCUT2D eigenvalue weighted by molar-refractivity contribution is 7.98. The summed E-state index contributed by atoms with van der Waals surface area (Å²) in [5.41, 5.74) is 1.85. The third-order valence-electron chi connectivity index (χ3n) is 1.86. The van der Waals surface area contributed by atoms with Crippen LogP contribution in [0.1, 0.15) is 11.1 Å². The Morgan fingerprint density at radius 3 is 2.73 bits per heavy atom. The molecule has 1 heterocycles. The van der Waals surface area contributed by atoms with Crippen molar-refractivity contribution in [2.75, 3.05) is 0 Å². The van der Waals surface area contributed by atoms with E-state index < -0.39 is 0 Å². The van der Waals surface area contributed by atoms with E-state index >= 15 is 0 Å². The molecule has 0 spiro atoms. The molecule has 74 valence electrons. The fraction of sp³-hybridized carbons (Fsp3) is 0.100. The van der Waals surface area contributed by atoms with Crippen LogP contribution in [-0.4, -0.2) is 15.4 Å². The molecule has 0 atom stereocenters. The van der Waals surface area contributed by atoms with E-state index in [0.717, 1.165) is 10.8 Å². The number of nitriles is 1. The summed E-state index contributed by atoms with van der Waals surface area (Å²) in [7, 11) is 0. The molecule has 2 rings (SSSR count). The lowest BCUT2D eigenvalue weighted by Gasteiger charge is -1.98. The third kappa shape index (κ3) is 2.58. The minimum Gasteiger partial charge on any atom is -0.197 e. The second kappa shape index (κ2) is 4.62. The van der Waals surface area contributed by atoms with Crippen LogP contribution in [0.2, 0.25) is 0 Å². The third-order valence-corrected chi connectivity index (χ3v) is 2.83. The van der Waals surface area contributed by atoms with Gasteiger partial charge in [-0.05, 0) is 17.7 Å². The van der Waals surface area contributed by atoms with Crippen LogP contribution in [0.3, 0.4) is 0 Å². The van der Waals surface area contributed by atoms with Crippen LogP contribution in [-0.2, 0) is 5.75 Å². The van der Waals surface area contributed by atoms with Gasteiger partial charge in [0.1, 0.15) is 5.03 Å². The summed E-state index contributed by atoms with van der Waals surface area (Å²) in [4.78, 5) is 0. The molecule has 0 radical (unpaired) electrons.